The van der Waals surface area contributed by atoms with Gasteiger partial charge in [-0.25, -0.2) is 0 Å². The molecule has 13 heavy (non-hydrogen) atoms. The Kier molecular flexibility index (Phi) is 2.23. The van der Waals surface area contributed by atoms with E-state index in [-0.39, 0.29) is 0 Å². The zero-order valence-corrected chi connectivity index (χ0v) is 7.77. The predicted octanol–water partition coefficient (Wildman–Crippen LogP) is 2.06. The van der Waals surface area contributed by atoms with Crippen LogP contribution in [0.5, 0.6) is 0 Å². The molecule has 2 rings (SSSR count). The topological polar surface area (TPSA) is 44.5 Å². The van der Waals surface area contributed by atoms with Gasteiger partial charge in [-0.15, -0.1) is 0 Å². The van der Waals surface area contributed by atoms with E-state index in [9.17, 15) is 0 Å². The molecule has 2 heterocycles. The molecule has 3 nitrogen and oxygen atoms in total. The number of pyridine rings is 1. The molecule has 0 fully saturated rings. The van der Waals surface area contributed by atoms with Crippen LogP contribution in [0.25, 0.3) is 0 Å². The molecule has 0 bridgehead atoms. The average Bonchev–Trinajstić information content (AvgIpc) is 2.53. The summed E-state index contributed by atoms with van der Waals surface area (Å²) < 4.78 is 0.658. The van der Waals surface area contributed by atoms with Crippen molar-refractivity contribution in [1.29, 1.82) is 0 Å². The van der Waals surface area contributed by atoms with Gasteiger partial charge >= 0.3 is 0 Å². The molecule has 66 valence electrons. The number of nitrogens with one attached hydrogen (secondary N) is 2. The summed E-state index contributed by atoms with van der Waals surface area (Å²) in [6, 6.07) is 5.87. The zero-order valence-electron chi connectivity index (χ0n) is 6.95. The van der Waals surface area contributed by atoms with E-state index in [1.54, 1.807) is 6.20 Å². The van der Waals surface area contributed by atoms with Crippen molar-refractivity contribution >= 4 is 12.2 Å². The zero-order chi connectivity index (χ0) is 9.10. The molecule has 0 amide bonds. The van der Waals surface area contributed by atoms with Gasteiger partial charge in [0.1, 0.15) is 0 Å². The lowest BCUT2D eigenvalue weighted by Crippen LogP contribution is -1.90. The van der Waals surface area contributed by atoms with Crippen LogP contribution in [0.3, 0.4) is 0 Å². The lowest BCUT2D eigenvalue weighted by Gasteiger charge is -1.95. The second kappa shape index (κ2) is 3.53. The molecule has 0 saturated carbocycles. The molecule has 0 aromatic carbocycles. The molecule has 4 heteroatoms. The van der Waals surface area contributed by atoms with Crippen LogP contribution < -0.4 is 0 Å². The van der Waals surface area contributed by atoms with Gasteiger partial charge in [0.05, 0.1) is 0 Å². The minimum absolute atomic E-state index is 0.658. The molecule has 2 aromatic heterocycles. The second-order valence-electron chi connectivity index (χ2n) is 2.77. The molecule has 2 aromatic rings. The van der Waals surface area contributed by atoms with Gasteiger partial charge < -0.3 is 9.97 Å². The summed E-state index contributed by atoms with van der Waals surface area (Å²) in [5, 5.41) is 0. The number of aromatic amines is 2. The third kappa shape index (κ3) is 2.03. The first-order valence-corrected chi connectivity index (χ1v) is 4.42. The van der Waals surface area contributed by atoms with Gasteiger partial charge in [0.2, 0.25) is 0 Å². The van der Waals surface area contributed by atoms with E-state index in [0.29, 0.717) is 4.77 Å². The van der Waals surface area contributed by atoms with E-state index in [0.717, 1.165) is 17.8 Å². The third-order valence-electron chi connectivity index (χ3n) is 1.75. The normalized spacial score (nSPS) is 10.2. The van der Waals surface area contributed by atoms with Crippen molar-refractivity contribution in [2.75, 3.05) is 0 Å². The fourth-order valence-corrected chi connectivity index (χ4v) is 1.35. The van der Waals surface area contributed by atoms with Crippen molar-refractivity contribution < 1.29 is 0 Å². The molecule has 0 saturated heterocycles. The maximum Gasteiger partial charge on any atom is 0.174 e. The minimum atomic E-state index is 0.658. The Hall–Kier alpha value is -1.42. The van der Waals surface area contributed by atoms with Gasteiger partial charge in [-0.3, -0.25) is 4.98 Å². The number of hydrogen-bond donors (Lipinski definition) is 2. The Labute approximate surface area is 80.9 Å². The first-order valence-electron chi connectivity index (χ1n) is 4.01. The van der Waals surface area contributed by atoms with E-state index in [1.165, 1.54) is 0 Å². The van der Waals surface area contributed by atoms with Crippen molar-refractivity contribution in [2.45, 2.75) is 6.42 Å². The lowest BCUT2D eigenvalue weighted by atomic mass is 10.2. The van der Waals surface area contributed by atoms with Gasteiger partial charge in [-0.05, 0) is 24.4 Å². The van der Waals surface area contributed by atoms with E-state index < -0.39 is 0 Å². The summed E-state index contributed by atoms with van der Waals surface area (Å²) in [7, 11) is 0. The van der Waals surface area contributed by atoms with E-state index in [4.69, 9.17) is 12.2 Å². The SMILES string of the molecule is S=c1[nH]cc(Cc2ccccn2)[nH]1. The average molecular weight is 191 g/mol. The largest absolute Gasteiger partial charge is 0.337 e. The maximum atomic E-state index is 4.92. The van der Waals surface area contributed by atoms with Crippen molar-refractivity contribution in [3.05, 3.63) is 46.8 Å². The van der Waals surface area contributed by atoms with Gasteiger partial charge in [0, 0.05) is 30.2 Å². The molecule has 0 atom stereocenters. The molecule has 0 aliphatic heterocycles. The Bertz CT molecular complexity index is 429. The van der Waals surface area contributed by atoms with Gasteiger partial charge in [0.25, 0.3) is 0 Å². The minimum Gasteiger partial charge on any atom is -0.337 e. The molecular weight excluding hydrogens is 182 g/mol. The maximum absolute atomic E-state index is 4.92. The molecule has 2 N–H and O–H groups in total. The Morgan fingerprint density at radius 1 is 1.38 bits per heavy atom. The van der Waals surface area contributed by atoms with Crippen LogP contribution in [0.1, 0.15) is 11.4 Å². The van der Waals surface area contributed by atoms with Crippen molar-refractivity contribution in [3.8, 4) is 0 Å². The fraction of sp³-hybridized carbons (Fsp3) is 0.111. The predicted molar refractivity (Wildman–Crippen MR) is 53.0 cm³/mol. The number of imidazole rings is 1. The first kappa shape index (κ1) is 8.19. The monoisotopic (exact) mass is 191 g/mol. The Morgan fingerprint density at radius 2 is 2.31 bits per heavy atom. The van der Waals surface area contributed by atoms with E-state index in [1.807, 2.05) is 24.4 Å². The van der Waals surface area contributed by atoms with Crippen LogP contribution in [0.15, 0.2) is 30.6 Å². The fourth-order valence-electron chi connectivity index (χ4n) is 1.16. The van der Waals surface area contributed by atoms with Crippen LogP contribution in [-0.2, 0) is 6.42 Å². The van der Waals surface area contributed by atoms with Gasteiger partial charge in [-0.2, -0.15) is 0 Å². The first-order chi connectivity index (χ1) is 6.34. The van der Waals surface area contributed by atoms with Crippen LogP contribution >= 0.6 is 12.2 Å². The van der Waals surface area contributed by atoms with E-state index >= 15 is 0 Å². The summed E-state index contributed by atoms with van der Waals surface area (Å²) in [5.74, 6) is 0. The molecular formula is C9H9N3S. The molecule has 0 radical (unpaired) electrons. The summed E-state index contributed by atoms with van der Waals surface area (Å²) in [5.41, 5.74) is 2.09. The molecule has 0 aliphatic carbocycles. The highest BCUT2D eigenvalue weighted by molar-refractivity contribution is 7.71. The van der Waals surface area contributed by atoms with E-state index in [2.05, 4.69) is 15.0 Å². The number of aromatic nitrogens is 3. The second-order valence-corrected chi connectivity index (χ2v) is 3.17. The summed E-state index contributed by atoms with van der Waals surface area (Å²) in [4.78, 5) is 10.2. The van der Waals surface area contributed by atoms with Crippen LogP contribution in [-0.4, -0.2) is 15.0 Å². The van der Waals surface area contributed by atoms with Crippen molar-refractivity contribution in [2.24, 2.45) is 0 Å². The summed E-state index contributed by atoms with van der Waals surface area (Å²) in [6.45, 7) is 0. The van der Waals surface area contributed by atoms with Gasteiger partial charge in [0.15, 0.2) is 4.77 Å². The van der Waals surface area contributed by atoms with Gasteiger partial charge in [-0.1, -0.05) is 6.07 Å². The summed E-state index contributed by atoms with van der Waals surface area (Å²) in [6.07, 6.45) is 4.45. The van der Waals surface area contributed by atoms with Crippen LogP contribution in [0.4, 0.5) is 0 Å². The standard InChI is InChI=1S/C9H9N3S/c13-9-11-6-8(12-9)5-7-3-1-2-4-10-7/h1-4,6H,5H2,(H2,11,12,13). The number of H-pyrrole nitrogens is 2. The Balaban J connectivity index is 2.20. The highest BCUT2D eigenvalue weighted by Crippen LogP contribution is 2.02. The molecule has 0 unspecified atom stereocenters. The lowest BCUT2D eigenvalue weighted by molar-refractivity contribution is 1.03. The highest BCUT2D eigenvalue weighted by Gasteiger charge is 1.96. The van der Waals surface area contributed by atoms with Crippen LogP contribution in [0.2, 0.25) is 0 Å². The van der Waals surface area contributed by atoms with Crippen molar-refractivity contribution in [3.63, 3.8) is 0 Å². The number of hydrogen-bond acceptors (Lipinski definition) is 2. The van der Waals surface area contributed by atoms with Crippen molar-refractivity contribution in [1.82, 2.24) is 15.0 Å². The number of nitrogens with zero attached hydrogens (tertiary/aromatic N) is 1. The highest BCUT2D eigenvalue weighted by atomic mass is 32.1. The quantitative estimate of drug-likeness (QED) is 0.714. The summed E-state index contributed by atoms with van der Waals surface area (Å²) >= 11 is 4.92. The number of rotatable bonds is 2. The smallest absolute Gasteiger partial charge is 0.174 e. The Morgan fingerprint density at radius 3 is 2.92 bits per heavy atom. The third-order valence-corrected chi connectivity index (χ3v) is 1.97. The molecule has 0 spiro atoms. The van der Waals surface area contributed by atoms with Crippen LogP contribution in [0, 0.1) is 4.77 Å². The molecule has 0 aliphatic rings.